The molecule has 5 nitrogen and oxygen atoms in total. The summed E-state index contributed by atoms with van der Waals surface area (Å²) < 4.78 is 11.3. The molecule has 2 aromatic rings. The van der Waals surface area contributed by atoms with Gasteiger partial charge in [0, 0.05) is 5.56 Å². The molecule has 0 aliphatic rings. The van der Waals surface area contributed by atoms with Crippen molar-refractivity contribution in [1.82, 2.24) is 9.97 Å². The van der Waals surface area contributed by atoms with Crippen molar-refractivity contribution in [1.29, 1.82) is 0 Å². The topological polar surface area (TPSA) is 64.5 Å². The molecule has 0 aliphatic heterocycles. The second-order valence-corrected chi connectivity index (χ2v) is 12.0. The molecule has 0 fully saturated rings. The van der Waals surface area contributed by atoms with Crippen molar-refractivity contribution in [2.45, 2.75) is 45.0 Å². The summed E-state index contributed by atoms with van der Waals surface area (Å²) in [5.74, 6) is 0.433. The van der Waals surface area contributed by atoms with Gasteiger partial charge in [-0.3, -0.25) is 0 Å². The van der Waals surface area contributed by atoms with Gasteiger partial charge in [0.15, 0.2) is 8.32 Å². The number of para-hydroxylation sites is 1. The third kappa shape index (κ3) is 3.88. The Kier molecular flexibility index (Phi) is 5.08. The monoisotopic (exact) mass is 334 g/mol. The van der Waals surface area contributed by atoms with Crippen molar-refractivity contribution in [2.75, 3.05) is 13.7 Å². The van der Waals surface area contributed by atoms with Crippen LogP contribution in [0.3, 0.4) is 0 Å². The number of methoxy groups -OCH3 is 1. The van der Waals surface area contributed by atoms with Crippen molar-refractivity contribution in [3.63, 3.8) is 0 Å². The first-order valence-corrected chi connectivity index (χ1v) is 10.7. The third-order valence-electron chi connectivity index (χ3n) is 4.56. The highest BCUT2D eigenvalue weighted by atomic mass is 28.4. The Hall–Kier alpha value is -1.50. The van der Waals surface area contributed by atoms with Gasteiger partial charge in [0.2, 0.25) is 5.88 Å². The van der Waals surface area contributed by atoms with E-state index in [0.29, 0.717) is 17.0 Å². The molecule has 0 bridgehead atoms. The van der Waals surface area contributed by atoms with Gasteiger partial charge < -0.3 is 14.3 Å². The SMILES string of the molecule is COc1cnc2cccc([C@@H](O)CO[Si](C)(C)C(C)(C)C)c2n1. The Morgan fingerprint density at radius 1 is 1.26 bits per heavy atom. The van der Waals surface area contributed by atoms with Crippen LogP contribution in [0.4, 0.5) is 0 Å². The maximum Gasteiger partial charge on any atom is 0.232 e. The zero-order chi connectivity index (χ0) is 17.3. The molecule has 1 N–H and O–H groups in total. The van der Waals surface area contributed by atoms with E-state index in [4.69, 9.17) is 9.16 Å². The number of hydrogen-bond donors (Lipinski definition) is 1. The average Bonchev–Trinajstić information content (AvgIpc) is 2.50. The van der Waals surface area contributed by atoms with Crippen LogP contribution < -0.4 is 4.74 Å². The van der Waals surface area contributed by atoms with E-state index >= 15 is 0 Å². The quantitative estimate of drug-likeness (QED) is 0.845. The van der Waals surface area contributed by atoms with Crippen molar-refractivity contribution < 1.29 is 14.3 Å². The lowest BCUT2D eigenvalue weighted by Gasteiger charge is -2.36. The molecule has 0 radical (unpaired) electrons. The molecule has 2 rings (SSSR count). The zero-order valence-electron chi connectivity index (χ0n) is 14.8. The largest absolute Gasteiger partial charge is 0.480 e. The standard InChI is InChI=1S/C17H26N2O3Si/c1-17(2,3)23(5,6)22-11-14(20)12-8-7-9-13-16(12)19-15(21-4)10-18-13/h7-10,14,20H,11H2,1-6H3/t14-/m0/s1. The minimum Gasteiger partial charge on any atom is -0.480 e. The molecule has 1 aromatic carbocycles. The summed E-state index contributed by atoms with van der Waals surface area (Å²) >= 11 is 0. The maximum absolute atomic E-state index is 10.6. The van der Waals surface area contributed by atoms with E-state index in [9.17, 15) is 5.11 Å². The number of nitrogens with zero attached hydrogens (tertiary/aromatic N) is 2. The van der Waals surface area contributed by atoms with Gasteiger partial charge >= 0.3 is 0 Å². The van der Waals surface area contributed by atoms with E-state index in [2.05, 4.69) is 43.8 Å². The van der Waals surface area contributed by atoms with Gasteiger partial charge in [-0.25, -0.2) is 9.97 Å². The Labute approximate surface area is 138 Å². The molecule has 0 amide bonds. The lowest BCUT2D eigenvalue weighted by Crippen LogP contribution is -2.41. The van der Waals surface area contributed by atoms with Crippen LogP contribution in [0.15, 0.2) is 24.4 Å². The molecule has 126 valence electrons. The lowest BCUT2D eigenvalue weighted by molar-refractivity contribution is 0.101. The second-order valence-electron chi connectivity index (χ2n) is 7.21. The molecule has 23 heavy (non-hydrogen) atoms. The first-order chi connectivity index (χ1) is 10.7. The molecule has 0 saturated carbocycles. The summed E-state index contributed by atoms with van der Waals surface area (Å²) in [6, 6.07) is 5.59. The predicted octanol–water partition coefficient (Wildman–Crippen LogP) is 3.69. The highest BCUT2D eigenvalue weighted by Crippen LogP contribution is 2.37. The number of aliphatic hydroxyl groups is 1. The molecule has 0 spiro atoms. The van der Waals surface area contributed by atoms with Crippen LogP contribution in [0.1, 0.15) is 32.4 Å². The smallest absolute Gasteiger partial charge is 0.232 e. The van der Waals surface area contributed by atoms with Gasteiger partial charge in [0.05, 0.1) is 30.9 Å². The molecule has 1 atom stereocenters. The number of fused-ring (bicyclic) bond motifs is 1. The van der Waals surface area contributed by atoms with Gasteiger partial charge in [0.1, 0.15) is 6.10 Å². The Balaban J connectivity index is 2.26. The summed E-state index contributed by atoms with van der Waals surface area (Å²) in [6.07, 6.45) is 0.833. The number of aromatic nitrogens is 2. The van der Waals surface area contributed by atoms with Crippen LogP contribution in [-0.4, -0.2) is 37.1 Å². The number of hydrogen-bond acceptors (Lipinski definition) is 5. The van der Waals surface area contributed by atoms with Crippen LogP contribution >= 0.6 is 0 Å². The van der Waals surface area contributed by atoms with Crippen molar-refractivity contribution in [3.05, 3.63) is 30.0 Å². The van der Waals surface area contributed by atoms with Gasteiger partial charge in [-0.2, -0.15) is 0 Å². The molecule has 0 saturated heterocycles. The van der Waals surface area contributed by atoms with Crippen LogP contribution in [0.25, 0.3) is 11.0 Å². The molecular formula is C17H26N2O3Si. The maximum atomic E-state index is 10.6. The third-order valence-corrected chi connectivity index (χ3v) is 9.06. The summed E-state index contributed by atoms with van der Waals surface area (Å²) in [7, 11) is -0.356. The van der Waals surface area contributed by atoms with Crippen molar-refractivity contribution >= 4 is 19.4 Å². The second kappa shape index (κ2) is 6.55. The van der Waals surface area contributed by atoms with Crippen molar-refractivity contribution in [2.24, 2.45) is 0 Å². The molecule has 1 aromatic heterocycles. The van der Waals surface area contributed by atoms with E-state index in [-0.39, 0.29) is 11.6 Å². The van der Waals surface area contributed by atoms with Crippen LogP contribution in [0, 0.1) is 0 Å². The summed E-state index contributed by atoms with van der Waals surface area (Å²) in [5.41, 5.74) is 2.10. The van der Waals surface area contributed by atoms with E-state index < -0.39 is 14.4 Å². The Morgan fingerprint density at radius 3 is 2.57 bits per heavy atom. The van der Waals surface area contributed by atoms with Crippen LogP contribution in [-0.2, 0) is 4.43 Å². The first kappa shape index (κ1) is 17.8. The summed E-state index contributed by atoms with van der Waals surface area (Å²) in [5, 5.41) is 10.7. The summed E-state index contributed by atoms with van der Waals surface area (Å²) in [6.45, 7) is 11.1. The molecule has 1 heterocycles. The van der Waals surface area contributed by atoms with Gasteiger partial charge in [-0.05, 0) is 24.2 Å². The van der Waals surface area contributed by atoms with Crippen LogP contribution in [0.5, 0.6) is 5.88 Å². The molecular weight excluding hydrogens is 308 g/mol. The van der Waals surface area contributed by atoms with E-state index in [1.807, 2.05) is 18.2 Å². The van der Waals surface area contributed by atoms with Gasteiger partial charge in [-0.15, -0.1) is 0 Å². The summed E-state index contributed by atoms with van der Waals surface area (Å²) in [4.78, 5) is 8.73. The molecule has 6 heteroatoms. The highest BCUT2D eigenvalue weighted by molar-refractivity contribution is 6.74. The Morgan fingerprint density at radius 2 is 1.96 bits per heavy atom. The minimum absolute atomic E-state index is 0.106. The predicted molar refractivity (Wildman–Crippen MR) is 94.2 cm³/mol. The van der Waals surface area contributed by atoms with Gasteiger partial charge in [-0.1, -0.05) is 32.9 Å². The normalized spacial score (nSPS) is 14.0. The minimum atomic E-state index is -1.91. The fourth-order valence-electron chi connectivity index (χ4n) is 2.00. The Bertz CT molecular complexity index is 683. The number of aliphatic hydroxyl groups excluding tert-OH is 1. The fourth-order valence-corrected chi connectivity index (χ4v) is 3.01. The lowest BCUT2D eigenvalue weighted by atomic mass is 10.1. The van der Waals surface area contributed by atoms with Gasteiger partial charge in [0.25, 0.3) is 0 Å². The molecule has 0 unspecified atom stereocenters. The van der Waals surface area contributed by atoms with Crippen molar-refractivity contribution in [3.8, 4) is 5.88 Å². The van der Waals surface area contributed by atoms with Crippen LogP contribution in [0.2, 0.25) is 18.1 Å². The van der Waals surface area contributed by atoms with E-state index in [1.54, 1.807) is 13.3 Å². The number of rotatable bonds is 5. The van der Waals surface area contributed by atoms with E-state index in [0.717, 1.165) is 5.52 Å². The molecule has 0 aliphatic carbocycles. The fraction of sp³-hybridized carbons (Fsp3) is 0.529. The first-order valence-electron chi connectivity index (χ1n) is 7.77. The zero-order valence-corrected chi connectivity index (χ0v) is 15.8. The number of ether oxygens (including phenoxy) is 1. The highest BCUT2D eigenvalue weighted by Gasteiger charge is 2.37. The van der Waals surface area contributed by atoms with E-state index in [1.165, 1.54) is 0 Å². The number of benzene rings is 1. The average molecular weight is 334 g/mol.